The maximum Gasteiger partial charge on any atom is 0.312 e. The summed E-state index contributed by atoms with van der Waals surface area (Å²) < 4.78 is 12.1. The zero-order chi connectivity index (χ0) is 29.8. The van der Waals surface area contributed by atoms with E-state index in [9.17, 15) is 19.5 Å². The predicted octanol–water partition coefficient (Wildman–Crippen LogP) is 3.93. The first-order valence-corrected chi connectivity index (χ1v) is 15.3. The molecule has 4 rings (SSSR count). The van der Waals surface area contributed by atoms with E-state index in [-0.39, 0.29) is 31.6 Å². The molecular weight excluding hydrogens is 522 g/mol. The van der Waals surface area contributed by atoms with Gasteiger partial charge in [0.2, 0.25) is 5.91 Å². The van der Waals surface area contributed by atoms with Gasteiger partial charge in [0, 0.05) is 44.2 Å². The molecule has 3 fully saturated rings. The normalized spacial score (nSPS) is 28.1. The second kappa shape index (κ2) is 12.9. The van der Waals surface area contributed by atoms with E-state index in [1.165, 1.54) is 0 Å². The summed E-state index contributed by atoms with van der Waals surface area (Å²) in [6.45, 7) is 14.5. The van der Waals surface area contributed by atoms with E-state index >= 15 is 0 Å². The molecule has 5 atom stereocenters. The van der Waals surface area contributed by atoms with Gasteiger partial charge in [0.25, 0.3) is 5.91 Å². The number of amides is 2. The monoisotopic (exact) mass is 569 g/mol. The van der Waals surface area contributed by atoms with E-state index in [2.05, 4.69) is 25.3 Å². The van der Waals surface area contributed by atoms with E-state index in [1.807, 2.05) is 31.2 Å². The predicted molar refractivity (Wildman–Crippen MR) is 159 cm³/mol. The summed E-state index contributed by atoms with van der Waals surface area (Å²) in [6.07, 6.45) is 5.85. The molecule has 1 spiro atoms. The topological polar surface area (TPSA) is 99.6 Å². The van der Waals surface area contributed by atoms with Crippen molar-refractivity contribution < 1.29 is 29.0 Å². The fourth-order valence-corrected chi connectivity index (χ4v) is 7.31. The Morgan fingerprint density at radius 1 is 1.10 bits per heavy atom. The van der Waals surface area contributed by atoms with Crippen molar-refractivity contribution >= 4 is 29.2 Å². The quantitative estimate of drug-likeness (QED) is 0.194. The molecule has 1 aromatic rings. The minimum Gasteiger partial charge on any atom is -0.466 e. The highest BCUT2D eigenvalue weighted by Crippen LogP contribution is 2.63. The van der Waals surface area contributed by atoms with Gasteiger partial charge in [0.15, 0.2) is 0 Å². The Kier molecular flexibility index (Phi) is 9.80. The van der Waals surface area contributed by atoms with Gasteiger partial charge in [-0.25, -0.2) is 0 Å². The molecule has 2 bridgehead atoms. The van der Waals surface area contributed by atoms with Gasteiger partial charge >= 0.3 is 5.97 Å². The zero-order valence-corrected chi connectivity index (χ0v) is 25.1. The van der Waals surface area contributed by atoms with Gasteiger partial charge in [0.05, 0.1) is 18.1 Å². The van der Waals surface area contributed by atoms with Crippen LogP contribution >= 0.6 is 0 Å². The number of benzene rings is 1. The largest absolute Gasteiger partial charge is 0.466 e. The minimum atomic E-state index is -1.09. The third-order valence-electron chi connectivity index (χ3n) is 9.23. The summed E-state index contributed by atoms with van der Waals surface area (Å²) in [7, 11) is 0. The van der Waals surface area contributed by atoms with Gasteiger partial charge in [-0.2, -0.15) is 0 Å². The molecule has 0 aromatic heterocycles. The molecule has 1 N–H and O–H groups in total. The molecule has 2 unspecified atom stereocenters. The van der Waals surface area contributed by atoms with Crippen LogP contribution < -0.4 is 9.80 Å². The number of esters is 1. The van der Waals surface area contributed by atoms with Crippen molar-refractivity contribution in [2.45, 2.75) is 83.5 Å². The number of fused-ring (bicyclic) bond motifs is 1. The summed E-state index contributed by atoms with van der Waals surface area (Å²) in [5.41, 5.74) is -0.146. The molecule has 0 aliphatic carbocycles. The Labute approximate surface area is 244 Å². The van der Waals surface area contributed by atoms with Crippen molar-refractivity contribution in [1.29, 1.82) is 0 Å². The zero-order valence-electron chi connectivity index (χ0n) is 25.1. The first kappa shape index (κ1) is 31.0. The van der Waals surface area contributed by atoms with Gasteiger partial charge in [-0.15, -0.1) is 6.58 Å². The number of aliphatic hydroxyl groups excluding tert-OH is 1. The molecule has 3 aliphatic heterocycles. The van der Waals surface area contributed by atoms with Crippen LogP contribution in [-0.2, 0) is 23.9 Å². The summed E-state index contributed by atoms with van der Waals surface area (Å²) >= 11 is 0. The highest BCUT2D eigenvalue weighted by atomic mass is 16.6. The van der Waals surface area contributed by atoms with Crippen LogP contribution in [0.15, 0.2) is 36.9 Å². The first-order chi connectivity index (χ1) is 19.7. The standard InChI is InChI=1S/C32H47N3O6/c1-6-20-34(24-16-14-23(15-17-24)33(7-2)8-3)29(38)27-32-19-18-31(5,41-32)26(30(39)40-9-4)25(32)28(37)35(27)21-12-10-11-13-22-36/h6,14-17,25-27,36H,1,7-13,18-22H2,2-5H3/t25-,26+,27?,31-,32?/m0/s1. The molecule has 3 heterocycles. The molecule has 0 saturated carbocycles. The molecule has 41 heavy (non-hydrogen) atoms. The SMILES string of the molecule is C=CCN(C(=O)C1N(CCCCCCO)C(=O)[C@@H]2[C@H](C(=O)OCC)[C@]3(C)CCC12O3)c1ccc(N(CC)CC)cc1. The molecule has 2 amide bonds. The molecular formula is C32H47N3O6. The van der Waals surface area contributed by atoms with Crippen LogP contribution in [0.4, 0.5) is 11.4 Å². The number of aliphatic hydroxyl groups is 1. The van der Waals surface area contributed by atoms with E-state index < -0.39 is 35.0 Å². The van der Waals surface area contributed by atoms with Gasteiger partial charge in [-0.05, 0) is 77.6 Å². The van der Waals surface area contributed by atoms with Crippen LogP contribution in [0.25, 0.3) is 0 Å². The van der Waals surface area contributed by atoms with Crippen LogP contribution in [0.3, 0.4) is 0 Å². The highest BCUT2D eigenvalue weighted by molar-refractivity contribution is 6.05. The Morgan fingerprint density at radius 2 is 1.76 bits per heavy atom. The number of hydrogen-bond donors (Lipinski definition) is 1. The number of nitrogens with zero attached hydrogens (tertiary/aromatic N) is 3. The number of ether oxygens (including phenoxy) is 2. The van der Waals surface area contributed by atoms with Gasteiger partial charge < -0.3 is 29.3 Å². The molecule has 9 heteroatoms. The average Bonchev–Trinajstić information content (AvgIpc) is 3.53. The van der Waals surface area contributed by atoms with Crippen molar-refractivity contribution in [3.8, 4) is 0 Å². The summed E-state index contributed by atoms with van der Waals surface area (Å²) in [4.78, 5) is 47.6. The van der Waals surface area contributed by atoms with Crippen LogP contribution in [0.2, 0.25) is 0 Å². The molecule has 226 valence electrons. The van der Waals surface area contributed by atoms with Crippen molar-refractivity contribution in [1.82, 2.24) is 4.90 Å². The smallest absolute Gasteiger partial charge is 0.312 e. The number of likely N-dealkylation sites (tertiary alicyclic amines) is 1. The molecule has 1 aromatic carbocycles. The average molecular weight is 570 g/mol. The van der Waals surface area contributed by atoms with Gasteiger partial charge in [0.1, 0.15) is 17.6 Å². The number of hydrogen-bond acceptors (Lipinski definition) is 7. The summed E-state index contributed by atoms with van der Waals surface area (Å²) in [5, 5.41) is 9.17. The molecule has 9 nitrogen and oxygen atoms in total. The van der Waals surface area contributed by atoms with E-state index in [1.54, 1.807) is 22.8 Å². The number of carbonyl (C=O) groups excluding carboxylic acids is 3. The fourth-order valence-electron chi connectivity index (χ4n) is 7.31. The fraction of sp³-hybridized carbons (Fsp3) is 0.656. The Morgan fingerprint density at radius 3 is 2.37 bits per heavy atom. The van der Waals surface area contributed by atoms with Crippen molar-refractivity contribution in [2.75, 3.05) is 49.2 Å². The van der Waals surface area contributed by atoms with Crippen LogP contribution in [0.5, 0.6) is 0 Å². The number of rotatable bonds is 15. The van der Waals surface area contributed by atoms with Crippen molar-refractivity contribution in [3.05, 3.63) is 36.9 Å². The highest BCUT2D eigenvalue weighted by Gasteiger charge is 2.78. The van der Waals surface area contributed by atoms with Gasteiger partial charge in [-0.3, -0.25) is 14.4 Å². The Bertz CT molecular complexity index is 1110. The summed E-state index contributed by atoms with van der Waals surface area (Å²) in [6, 6.07) is 7.05. The number of anilines is 2. The van der Waals surface area contributed by atoms with Crippen LogP contribution in [-0.4, -0.2) is 84.4 Å². The molecule has 3 saturated heterocycles. The second-order valence-electron chi connectivity index (χ2n) is 11.6. The number of unbranched alkanes of at least 4 members (excludes halogenated alkanes) is 3. The maximum atomic E-state index is 14.6. The number of carbonyl (C=O) groups is 3. The Balaban J connectivity index is 1.71. The van der Waals surface area contributed by atoms with E-state index in [0.717, 1.165) is 37.3 Å². The lowest BCUT2D eigenvalue weighted by Crippen LogP contribution is -2.56. The lowest BCUT2D eigenvalue weighted by Gasteiger charge is -2.37. The molecule has 3 aliphatic rings. The summed E-state index contributed by atoms with van der Waals surface area (Å²) in [5.74, 6) is -2.37. The third-order valence-corrected chi connectivity index (χ3v) is 9.23. The lowest BCUT2D eigenvalue weighted by molar-refractivity contribution is -0.159. The lowest BCUT2D eigenvalue weighted by atomic mass is 9.66. The Hall–Kier alpha value is -2.91. The van der Waals surface area contributed by atoms with Crippen LogP contribution in [0.1, 0.15) is 66.2 Å². The molecule has 0 radical (unpaired) electrons. The van der Waals surface area contributed by atoms with E-state index in [4.69, 9.17) is 9.47 Å². The second-order valence-corrected chi connectivity index (χ2v) is 11.6. The minimum absolute atomic E-state index is 0.131. The van der Waals surface area contributed by atoms with Crippen LogP contribution in [0, 0.1) is 11.8 Å². The van der Waals surface area contributed by atoms with Gasteiger partial charge in [-0.1, -0.05) is 18.9 Å². The van der Waals surface area contributed by atoms with E-state index in [0.29, 0.717) is 32.2 Å². The van der Waals surface area contributed by atoms with Crippen molar-refractivity contribution in [2.24, 2.45) is 11.8 Å². The first-order valence-electron chi connectivity index (χ1n) is 15.3. The third kappa shape index (κ3) is 5.50. The maximum absolute atomic E-state index is 14.6. The van der Waals surface area contributed by atoms with Crippen molar-refractivity contribution in [3.63, 3.8) is 0 Å².